The van der Waals surface area contributed by atoms with E-state index in [1.54, 1.807) is 0 Å². The van der Waals surface area contributed by atoms with Gasteiger partial charge in [-0.3, -0.25) is 5.10 Å². The number of nitrogens with zero attached hydrogens (tertiary/aromatic N) is 1. The Balaban J connectivity index is 0.000000273. The summed E-state index contributed by atoms with van der Waals surface area (Å²) in [6, 6.07) is 3.83. The van der Waals surface area contributed by atoms with Gasteiger partial charge < -0.3 is 0 Å². The van der Waals surface area contributed by atoms with Gasteiger partial charge in [0.1, 0.15) is 0 Å². The van der Waals surface area contributed by atoms with Crippen LogP contribution in [-0.2, 0) is 19.3 Å². The molecule has 2 rings (SSSR count). The molecule has 0 radical (unpaired) electrons. The molecule has 0 spiro atoms. The van der Waals surface area contributed by atoms with E-state index in [0.717, 1.165) is 18.5 Å². The second kappa shape index (κ2) is 8.53. The summed E-state index contributed by atoms with van der Waals surface area (Å²) in [5.41, 5.74) is -4.71. The van der Waals surface area contributed by atoms with Crippen LogP contribution in [0.25, 0.3) is 0 Å². The second-order valence-electron chi connectivity index (χ2n) is 4.55. The Morgan fingerprint density at radius 1 is 1.35 bits per heavy atom. The minimum Gasteiger partial charge on any atom is -0.284 e. The number of hydrogen-bond acceptors (Lipinski definition) is 5. The number of nitrogens with one attached hydrogen (secondary N) is 2. The third kappa shape index (κ3) is 6.33. The zero-order valence-electron chi connectivity index (χ0n) is 12.9. The molecule has 0 aliphatic heterocycles. The summed E-state index contributed by atoms with van der Waals surface area (Å²) >= 11 is -5.15. The van der Waals surface area contributed by atoms with Crippen molar-refractivity contribution in [3.05, 3.63) is 30.6 Å². The van der Waals surface area contributed by atoms with Gasteiger partial charge >= 0.3 is 93.6 Å². The van der Waals surface area contributed by atoms with Gasteiger partial charge in [0.2, 0.25) is 0 Å². The molecule has 0 fully saturated rings. The minimum atomic E-state index is -5.15. The van der Waals surface area contributed by atoms with E-state index in [4.69, 9.17) is 8.19 Å². The zero-order chi connectivity index (χ0) is 20.1. The van der Waals surface area contributed by atoms with Crippen LogP contribution < -0.4 is 9.67 Å². The van der Waals surface area contributed by atoms with E-state index in [9.17, 15) is 31.0 Å². The molecule has 26 heavy (non-hydrogen) atoms. The van der Waals surface area contributed by atoms with E-state index in [2.05, 4.69) is 15.5 Å². The number of hydrogen-bond donors (Lipinski definition) is 5. The zero-order valence-corrected chi connectivity index (χ0v) is 15.6. The van der Waals surface area contributed by atoms with Gasteiger partial charge in [0, 0.05) is 6.20 Å². The average Bonchev–Trinajstić information content (AvgIpc) is 3.00. The van der Waals surface area contributed by atoms with Crippen LogP contribution >= 0.6 is 0 Å². The Hall–Kier alpha value is -2.08. The van der Waals surface area contributed by atoms with Crippen LogP contribution in [0.2, 0.25) is 0 Å². The standard InChI is InChI=1S/C8H10AsNO5.C4H3F3N2OS/c1-5(11)10-7-4-2-3-6(8(7)12)9(13,14)15;5-4(6,7)11(10)3-1-8-9-2-3/h2-4,12H,1H3,(H,10,11)(H2,13,14,15);1-2H,(H,8,9). The third-order valence-corrected chi connectivity index (χ3v) is 5.68. The molecule has 144 valence electrons. The Kier molecular flexibility index (Phi) is 7.21. The van der Waals surface area contributed by atoms with Crippen molar-refractivity contribution < 1.29 is 39.2 Å². The van der Waals surface area contributed by atoms with Gasteiger partial charge in [0.25, 0.3) is 0 Å². The topological polar surface area (TPSA) is 153 Å². The number of carbonyl (C=O) groups is 1. The number of benzene rings is 1. The van der Waals surface area contributed by atoms with Crippen LogP contribution in [0.1, 0.15) is 6.92 Å². The number of aromatic amines is 1. The number of halogens is 3. The molecule has 1 aromatic carbocycles. The Morgan fingerprint density at radius 2 is 1.96 bits per heavy atom. The van der Waals surface area contributed by atoms with Gasteiger partial charge in [-0.1, -0.05) is 0 Å². The monoisotopic (exact) mass is 459 g/mol. The van der Waals surface area contributed by atoms with Gasteiger partial charge in [0.15, 0.2) is 10.8 Å². The van der Waals surface area contributed by atoms with Gasteiger partial charge in [-0.25, -0.2) is 4.21 Å². The number of rotatable bonds is 3. The Labute approximate surface area is 149 Å². The van der Waals surface area contributed by atoms with Crippen molar-refractivity contribution in [2.24, 2.45) is 0 Å². The predicted molar refractivity (Wildman–Crippen MR) is 84.0 cm³/mol. The molecule has 1 atom stereocenters. The van der Waals surface area contributed by atoms with Gasteiger partial charge in [-0.2, -0.15) is 18.3 Å². The van der Waals surface area contributed by atoms with Gasteiger partial charge in [-0.15, -0.1) is 0 Å². The van der Waals surface area contributed by atoms with E-state index < -0.39 is 46.5 Å². The first-order chi connectivity index (χ1) is 11.8. The fourth-order valence-corrected chi connectivity index (χ4v) is 3.53. The molecular weight excluding hydrogens is 446 g/mol. The van der Waals surface area contributed by atoms with Crippen LogP contribution in [0.4, 0.5) is 18.9 Å². The molecule has 0 aliphatic rings. The van der Waals surface area contributed by atoms with E-state index >= 15 is 0 Å². The Bertz CT molecular complexity index is 837. The normalized spacial score (nSPS) is 12.7. The van der Waals surface area contributed by atoms with Crippen molar-refractivity contribution in [2.45, 2.75) is 17.3 Å². The summed E-state index contributed by atoms with van der Waals surface area (Å²) in [5, 5.41) is 17.1. The number of phenols is 1. The second-order valence-corrected chi connectivity index (χ2v) is 9.31. The molecule has 1 unspecified atom stereocenters. The minimum absolute atomic E-state index is 0.00951. The van der Waals surface area contributed by atoms with Crippen molar-refractivity contribution in [1.29, 1.82) is 0 Å². The predicted octanol–water partition coefficient (Wildman–Crippen LogP) is -0.0513. The fraction of sp³-hybridized carbons (Fsp3) is 0.167. The van der Waals surface area contributed by atoms with Crippen LogP contribution in [0.5, 0.6) is 5.75 Å². The smallest absolute Gasteiger partial charge is 0.284 e. The molecule has 5 N–H and O–H groups in total. The van der Waals surface area contributed by atoms with E-state index in [1.165, 1.54) is 19.1 Å². The molecule has 0 bridgehead atoms. The first-order valence-corrected chi connectivity index (χ1v) is 11.0. The number of anilines is 1. The van der Waals surface area contributed by atoms with Crippen molar-refractivity contribution in [2.75, 3.05) is 5.32 Å². The summed E-state index contributed by atoms with van der Waals surface area (Å²) in [6.45, 7) is 1.23. The van der Waals surface area contributed by atoms with Crippen molar-refractivity contribution >= 4 is 40.9 Å². The van der Waals surface area contributed by atoms with Crippen LogP contribution in [-0.4, -0.2) is 53.3 Å². The number of aromatic hydroxyl groups is 1. The maximum absolute atomic E-state index is 11.7. The number of aromatic nitrogens is 2. The summed E-state index contributed by atoms with van der Waals surface area (Å²) in [4.78, 5) is 10.4. The fourth-order valence-electron chi connectivity index (χ4n) is 1.53. The maximum atomic E-state index is 11.7. The first kappa shape index (κ1) is 22.0. The largest absolute Gasteiger partial charge is 0.475 e. The molecule has 2 aromatic rings. The summed E-state index contributed by atoms with van der Waals surface area (Å²) in [6.07, 6.45) is 1.83. The van der Waals surface area contributed by atoms with Crippen LogP contribution in [0, 0.1) is 0 Å². The number of amides is 1. The molecule has 0 saturated carbocycles. The third-order valence-electron chi connectivity index (χ3n) is 2.54. The average molecular weight is 459 g/mol. The molecule has 1 heterocycles. The Morgan fingerprint density at radius 3 is 2.38 bits per heavy atom. The molecule has 0 aliphatic carbocycles. The van der Waals surface area contributed by atoms with Crippen molar-refractivity contribution in [1.82, 2.24) is 10.2 Å². The van der Waals surface area contributed by atoms with E-state index in [1.807, 2.05) is 0 Å². The number of phenolic OH excluding ortho intramolecular Hbond substituents is 1. The molecule has 0 saturated heterocycles. The van der Waals surface area contributed by atoms with Crippen molar-refractivity contribution in [3.63, 3.8) is 0 Å². The van der Waals surface area contributed by atoms with Crippen LogP contribution in [0.15, 0.2) is 35.5 Å². The number of para-hydroxylation sites is 1. The molecule has 1 amide bonds. The number of carbonyl (C=O) groups excluding carboxylic acids is 1. The molecule has 14 heteroatoms. The van der Waals surface area contributed by atoms with Crippen molar-refractivity contribution in [3.8, 4) is 5.75 Å². The molecule has 1 aromatic heterocycles. The van der Waals surface area contributed by atoms with E-state index in [0.29, 0.717) is 0 Å². The SMILES string of the molecule is CC(=O)Nc1cccc([As](=O)(O)O)c1O.O=S(c1cn[nH]c1)C(F)(F)F. The van der Waals surface area contributed by atoms with E-state index in [-0.39, 0.29) is 10.6 Å². The summed E-state index contributed by atoms with van der Waals surface area (Å²) in [5.74, 6) is -1.01. The van der Waals surface area contributed by atoms with Crippen LogP contribution in [0.3, 0.4) is 0 Å². The number of alkyl halides is 3. The number of H-pyrrole nitrogens is 1. The first-order valence-electron chi connectivity index (χ1n) is 6.47. The van der Waals surface area contributed by atoms with Gasteiger partial charge in [-0.05, 0) is 0 Å². The quantitative estimate of drug-likeness (QED) is 0.319. The molecule has 9 nitrogen and oxygen atoms in total. The maximum Gasteiger partial charge on any atom is 0.475 e. The summed E-state index contributed by atoms with van der Waals surface area (Å²) in [7, 11) is -2.96. The molecular formula is C12H13AsF3N3O6S. The summed E-state index contributed by atoms with van der Waals surface area (Å²) < 4.78 is 73.8. The van der Waals surface area contributed by atoms with Gasteiger partial charge in [0.05, 0.1) is 11.1 Å².